The number of benzene rings is 1. The molecule has 0 aliphatic carbocycles. The van der Waals surface area contributed by atoms with Crippen molar-refractivity contribution in [3.63, 3.8) is 0 Å². The number of aromatic amines is 1. The Balaban J connectivity index is 0.00000420. The number of amides is 1. The Morgan fingerprint density at radius 3 is 2.45 bits per heavy atom. The van der Waals surface area contributed by atoms with Crippen LogP contribution >= 0.6 is 24.0 Å². The van der Waals surface area contributed by atoms with Gasteiger partial charge in [-0.05, 0) is 52.2 Å². The summed E-state index contributed by atoms with van der Waals surface area (Å²) in [4.78, 5) is 19.3. The average Bonchev–Trinajstić information content (AvgIpc) is 2.94. The van der Waals surface area contributed by atoms with E-state index in [9.17, 15) is 4.79 Å². The Hall–Kier alpha value is -1.97. The number of ether oxygens (including phenoxy) is 1. The van der Waals surface area contributed by atoms with Gasteiger partial charge in [-0.1, -0.05) is 18.2 Å². The van der Waals surface area contributed by atoms with Crippen LogP contribution in [0.15, 0.2) is 29.3 Å². The number of hydrogen-bond donors (Lipinski definition) is 4. The average molecular weight is 515 g/mol. The fourth-order valence-electron chi connectivity index (χ4n) is 2.98. The number of alkyl carbamates (subject to hydrolysis) is 1. The van der Waals surface area contributed by atoms with Crippen LogP contribution in [0.1, 0.15) is 38.4 Å². The van der Waals surface area contributed by atoms with Gasteiger partial charge >= 0.3 is 6.09 Å². The Morgan fingerprint density at radius 1 is 1.10 bits per heavy atom. The van der Waals surface area contributed by atoms with Crippen LogP contribution in [0.4, 0.5) is 4.79 Å². The molecule has 1 aromatic heterocycles. The van der Waals surface area contributed by atoms with Crippen LogP contribution in [0.3, 0.4) is 0 Å². The fourth-order valence-corrected chi connectivity index (χ4v) is 2.98. The van der Waals surface area contributed by atoms with Crippen molar-refractivity contribution < 1.29 is 9.53 Å². The fraction of sp³-hybridized carbons (Fsp3) is 0.524. The van der Waals surface area contributed by atoms with Gasteiger partial charge in [0.15, 0.2) is 5.96 Å². The lowest BCUT2D eigenvalue weighted by Crippen LogP contribution is -2.40. The smallest absolute Gasteiger partial charge is 0.407 e. The summed E-state index contributed by atoms with van der Waals surface area (Å²) in [6, 6.07) is 8.37. The van der Waals surface area contributed by atoms with Gasteiger partial charge in [-0.25, -0.2) is 4.79 Å². The molecule has 1 aromatic carbocycles. The predicted octanol–water partition coefficient (Wildman–Crippen LogP) is 3.72. The zero-order valence-corrected chi connectivity index (χ0v) is 20.3. The standard InChI is InChI=1S/C21H33N5O2.HI/c1-15-16(17-9-6-7-10-18(17)26-15)11-14-24-19(22-5)23-12-8-13-25-20(27)28-21(2,3)4;/h6-7,9-10,26H,8,11-14H2,1-5H3,(H,25,27)(H2,22,23,24);1H. The van der Waals surface area contributed by atoms with Gasteiger partial charge in [0.05, 0.1) is 0 Å². The Bertz CT molecular complexity index is 811. The number of aromatic nitrogens is 1. The van der Waals surface area contributed by atoms with E-state index >= 15 is 0 Å². The highest BCUT2D eigenvalue weighted by atomic mass is 127. The Morgan fingerprint density at radius 2 is 1.76 bits per heavy atom. The number of hydrogen-bond acceptors (Lipinski definition) is 3. The lowest BCUT2D eigenvalue weighted by molar-refractivity contribution is 0.0527. The maximum atomic E-state index is 11.6. The second-order valence-corrected chi connectivity index (χ2v) is 7.73. The Labute approximate surface area is 190 Å². The van der Waals surface area contributed by atoms with Crippen molar-refractivity contribution in [3.05, 3.63) is 35.5 Å². The molecule has 1 amide bonds. The number of H-pyrrole nitrogens is 1. The molecule has 0 radical (unpaired) electrons. The first-order valence-electron chi connectivity index (χ1n) is 9.77. The number of nitrogens with one attached hydrogen (secondary N) is 4. The van der Waals surface area contributed by atoms with E-state index in [0.717, 1.165) is 25.3 Å². The molecule has 2 rings (SSSR count). The van der Waals surface area contributed by atoms with E-state index in [1.54, 1.807) is 7.05 Å². The predicted molar refractivity (Wildman–Crippen MR) is 130 cm³/mol. The van der Waals surface area contributed by atoms with Crippen molar-refractivity contribution in [2.45, 2.75) is 46.1 Å². The van der Waals surface area contributed by atoms with Crippen LogP contribution in [0.25, 0.3) is 10.9 Å². The topological polar surface area (TPSA) is 90.5 Å². The molecule has 0 spiro atoms. The summed E-state index contributed by atoms with van der Waals surface area (Å²) < 4.78 is 5.21. The molecule has 7 nitrogen and oxygen atoms in total. The molecular formula is C21H34IN5O2. The molecular weight excluding hydrogens is 481 g/mol. The van der Waals surface area contributed by atoms with E-state index in [0.29, 0.717) is 13.1 Å². The summed E-state index contributed by atoms with van der Waals surface area (Å²) in [5.41, 5.74) is 3.24. The molecule has 29 heavy (non-hydrogen) atoms. The van der Waals surface area contributed by atoms with Gasteiger partial charge in [0.2, 0.25) is 0 Å². The first-order valence-corrected chi connectivity index (χ1v) is 9.77. The van der Waals surface area contributed by atoms with Crippen LogP contribution in [0, 0.1) is 6.92 Å². The van der Waals surface area contributed by atoms with Gasteiger partial charge in [-0.2, -0.15) is 0 Å². The van der Waals surface area contributed by atoms with Gasteiger partial charge < -0.3 is 25.7 Å². The van der Waals surface area contributed by atoms with E-state index in [4.69, 9.17) is 4.74 Å². The van der Waals surface area contributed by atoms with E-state index in [-0.39, 0.29) is 30.1 Å². The Kier molecular flexibility index (Phi) is 10.3. The van der Waals surface area contributed by atoms with Crippen molar-refractivity contribution in [1.82, 2.24) is 20.9 Å². The number of para-hydroxylation sites is 1. The second kappa shape index (κ2) is 11.9. The lowest BCUT2D eigenvalue weighted by Gasteiger charge is -2.19. The van der Waals surface area contributed by atoms with Crippen molar-refractivity contribution in [3.8, 4) is 0 Å². The SMILES string of the molecule is CN=C(NCCCNC(=O)OC(C)(C)C)NCCc1c(C)[nH]c2ccccc12.I. The highest BCUT2D eigenvalue weighted by Crippen LogP contribution is 2.21. The molecule has 2 aromatic rings. The third kappa shape index (κ3) is 8.51. The highest BCUT2D eigenvalue weighted by molar-refractivity contribution is 14.0. The van der Waals surface area contributed by atoms with Crippen LogP contribution in [-0.4, -0.2) is 49.3 Å². The monoisotopic (exact) mass is 515 g/mol. The molecule has 0 saturated heterocycles. The number of fused-ring (bicyclic) bond motifs is 1. The van der Waals surface area contributed by atoms with Crippen LogP contribution in [-0.2, 0) is 11.2 Å². The molecule has 0 aliphatic rings. The molecule has 0 fully saturated rings. The van der Waals surface area contributed by atoms with E-state index in [1.807, 2.05) is 26.8 Å². The van der Waals surface area contributed by atoms with Crippen LogP contribution in [0.5, 0.6) is 0 Å². The summed E-state index contributed by atoms with van der Waals surface area (Å²) in [5.74, 6) is 0.759. The van der Waals surface area contributed by atoms with Gasteiger partial charge in [0, 0.05) is 43.3 Å². The number of halogens is 1. The molecule has 0 aliphatic heterocycles. The first kappa shape index (κ1) is 25.1. The second-order valence-electron chi connectivity index (χ2n) is 7.73. The lowest BCUT2D eigenvalue weighted by atomic mass is 10.1. The highest BCUT2D eigenvalue weighted by Gasteiger charge is 2.15. The molecule has 0 bridgehead atoms. The number of aryl methyl sites for hydroxylation is 1. The van der Waals surface area contributed by atoms with Crippen LogP contribution < -0.4 is 16.0 Å². The molecule has 4 N–H and O–H groups in total. The number of nitrogens with zero attached hydrogens (tertiary/aromatic N) is 1. The van der Waals surface area contributed by atoms with Crippen molar-refractivity contribution >= 4 is 46.9 Å². The molecule has 162 valence electrons. The van der Waals surface area contributed by atoms with E-state index in [1.165, 1.54) is 22.2 Å². The minimum atomic E-state index is -0.475. The van der Waals surface area contributed by atoms with E-state index < -0.39 is 5.60 Å². The number of guanidine groups is 1. The first-order chi connectivity index (χ1) is 13.3. The van der Waals surface area contributed by atoms with Crippen LogP contribution in [0.2, 0.25) is 0 Å². The van der Waals surface area contributed by atoms with Gasteiger partial charge in [-0.3, -0.25) is 4.99 Å². The van der Waals surface area contributed by atoms with Gasteiger partial charge in [0.1, 0.15) is 5.60 Å². The minimum Gasteiger partial charge on any atom is -0.444 e. The number of aliphatic imine (C=N–C) groups is 1. The minimum absolute atomic E-state index is 0. The maximum Gasteiger partial charge on any atom is 0.407 e. The largest absolute Gasteiger partial charge is 0.444 e. The molecule has 0 unspecified atom stereocenters. The summed E-state index contributed by atoms with van der Waals surface area (Å²) in [7, 11) is 1.76. The van der Waals surface area contributed by atoms with Gasteiger partial charge in [-0.15, -0.1) is 24.0 Å². The molecule has 1 heterocycles. The quantitative estimate of drug-likeness (QED) is 0.196. The number of carbonyl (C=O) groups excluding carboxylic acids is 1. The van der Waals surface area contributed by atoms with Crippen molar-refractivity contribution in [1.29, 1.82) is 0 Å². The summed E-state index contributed by atoms with van der Waals surface area (Å²) in [6.45, 7) is 9.71. The van der Waals surface area contributed by atoms with Crippen molar-refractivity contribution in [2.24, 2.45) is 4.99 Å². The third-order valence-corrected chi connectivity index (χ3v) is 4.23. The molecule has 8 heteroatoms. The van der Waals surface area contributed by atoms with E-state index in [2.05, 4.69) is 51.0 Å². The number of rotatable bonds is 7. The van der Waals surface area contributed by atoms with Gasteiger partial charge in [0.25, 0.3) is 0 Å². The molecule has 0 atom stereocenters. The summed E-state index contributed by atoms with van der Waals surface area (Å²) in [6.07, 6.45) is 1.31. The van der Waals surface area contributed by atoms with Crippen molar-refractivity contribution in [2.75, 3.05) is 26.7 Å². The zero-order chi connectivity index (χ0) is 20.6. The normalized spacial score (nSPS) is 11.7. The maximum absolute atomic E-state index is 11.6. The summed E-state index contributed by atoms with van der Waals surface area (Å²) >= 11 is 0. The summed E-state index contributed by atoms with van der Waals surface area (Å²) in [5, 5.41) is 10.6. The molecule has 0 saturated carbocycles. The zero-order valence-electron chi connectivity index (χ0n) is 18.0. The third-order valence-electron chi connectivity index (χ3n) is 4.23. The number of carbonyl (C=O) groups is 1.